The van der Waals surface area contributed by atoms with E-state index in [1.165, 1.54) is 25.7 Å². The van der Waals surface area contributed by atoms with Gasteiger partial charge in [-0.1, -0.05) is 45.4 Å². The molecule has 0 aromatic rings. The molecule has 0 spiro atoms. The van der Waals surface area contributed by atoms with Crippen molar-refractivity contribution in [3.8, 4) is 0 Å². The standard InChI is InChI=1S/C12H20O3/c1-2-3-4-5-6-7-8-10-9-11(13)15-12(10)14/h10H,2-9H2,1H3. The lowest BCUT2D eigenvalue weighted by molar-refractivity contribution is -0.153. The largest absolute Gasteiger partial charge is 0.393 e. The number of rotatable bonds is 7. The second kappa shape index (κ2) is 6.59. The van der Waals surface area contributed by atoms with Crippen LogP contribution in [-0.4, -0.2) is 11.9 Å². The molecule has 0 radical (unpaired) electrons. The van der Waals surface area contributed by atoms with Crippen molar-refractivity contribution in [1.82, 2.24) is 0 Å². The Labute approximate surface area is 91.2 Å². The van der Waals surface area contributed by atoms with Gasteiger partial charge in [0.2, 0.25) is 0 Å². The summed E-state index contributed by atoms with van der Waals surface area (Å²) in [4.78, 5) is 21.9. The molecule has 1 unspecified atom stereocenters. The number of hydrogen-bond acceptors (Lipinski definition) is 3. The molecule has 1 fully saturated rings. The normalized spacial score (nSPS) is 20.7. The molecule has 0 bridgehead atoms. The molecule has 0 aliphatic carbocycles. The van der Waals surface area contributed by atoms with Crippen LogP contribution in [-0.2, 0) is 14.3 Å². The Morgan fingerprint density at radius 2 is 1.80 bits per heavy atom. The SMILES string of the molecule is CCCCCCCCC1CC(=O)OC1=O. The molecule has 1 rings (SSSR count). The average Bonchev–Trinajstić information content (AvgIpc) is 2.51. The summed E-state index contributed by atoms with van der Waals surface area (Å²) < 4.78 is 4.49. The van der Waals surface area contributed by atoms with Gasteiger partial charge in [0.05, 0.1) is 12.3 Å². The zero-order chi connectivity index (χ0) is 11.1. The van der Waals surface area contributed by atoms with Crippen LogP contribution in [0.2, 0.25) is 0 Å². The van der Waals surface area contributed by atoms with Crippen molar-refractivity contribution in [1.29, 1.82) is 0 Å². The van der Waals surface area contributed by atoms with Crippen LogP contribution < -0.4 is 0 Å². The highest BCUT2D eigenvalue weighted by Gasteiger charge is 2.32. The van der Waals surface area contributed by atoms with Gasteiger partial charge >= 0.3 is 11.9 Å². The summed E-state index contributed by atoms with van der Waals surface area (Å²) in [6.07, 6.45) is 8.39. The molecule has 3 heteroatoms. The summed E-state index contributed by atoms with van der Waals surface area (Å²) in [5, 5.41) is 0. The van der Waals surface area contributed by atoms with Crippen molar-refractivity contribution in [2.24, 2.45) is 5.92 Å². The number of unbranched alkanes of at least 4 members (excludes halogenated alkanes) is 5. The third-order valence-corrected chi connectivity index (χ3v) is 2.87. The fourth-order valence-electron chi connectivity index (χ4n) is 1.91. The van der Waals surface area contributed by atoms with E-state index in [4.69, 9.17) is 0 Å². The molecule has 0 aromatic heterocycles. The summed E-state index contributed by atoms with van der Waals surface area (Å²) in [5.41, 5.74) is 0. The van der Waals surface area contributed by atoms with E-state index >= 15 is 0 Å². The third kappa shape index (κ3) is 4.45. The highest BCUT2D eigenvalue weighted by atomic mass is 16.6. The van der Waals surface area contributed by atoms with E-state index in [0.29, 0.717) is 6.42 Å². The van der Waals surface area contributed by atoms with Gasteiger partial charge in [-0.3, -0.25) is 9.59 Å². The van der Waals surface area contributed by atoms with E-state index in [1.54, 1.807) is 0 Å². The number of ether oxygens (including phenoxy) is 1. The fraction of sp³-hybridized carbons (Fsp3) is 0.833. The quantitative estimate of drug-likeness (QED) is 0.370. The van der Waals surface area contributed by atoms with E-state index in [1.807, 2.05) is 0 Å². The van der Waals surface area contributed by atoms with E-state index in [0.717, 1.165) is 19.3 Å². The maximum absolute atomic E-state index is 11.1. The number of hydrogen-bond donors (Lipinski definition) is 0. The summed E-state index contributed by atoms with van der Waals surface area (Å²) in [6, 6.07) is 0. The summed E-state index contributed by atoms with van der Waals surface area (Å²) in [7, 11) is 0. The molecule has 86 valence electrons. The first kappa shape index (κ1) is 12.2. The molecule has 1 aliphatic heterocycles. The molecule has 3 nitrogen and oxygen atoms in total. The van der Waals surface area contributed by atoms with Gasteiger partial charge in [0, 0.05) is 0 Å². The van der Waals surface area contributed by atoms with Gasteiger partial charge in [0.15, 0.2) is 0 Å². The molecular weight excluding hydrogens is 192 g/mol. The van der Waals surface area contributed by atoms with Crippen molar-refractivity contribution in [3.63, 3.8) is 0 Å². The van der Waals surface area contributed by atoms with Gasteiger partial charge in [0.25, 0.3) is 0 Å². The fourth-order valence-corrected chi connectivity index (χ4v) is 1.91. The zero-order valence-corrected chi connectivity index (χ0v) is 9.46. The summed E-state index contributed by atoms with van der Waals surface area (Å²) >= 11 is 0. The van der Waals surface area contributed by atoms with Crippen LogP contribution in [0.5, 0.6) is 0 Å². The molecule has 1 heterocycles. The predicted molar refractivity (Wildman–Crippen MR) is 57.2 cm³/mol. The topological polar surface area (TPSA) is 43.4 Å². The van der Waals surface area contributed by atoms with Gasteiger partial charge in [-0.15, -0.1) is 0 Å². The van der Waals surface area contributed by atoms with Crippen molar-refractivity contribution < 1.29 is 14.3 Å². The van der Waals surface area contributed by atoms with E-state index in [9.17, 15) is 9.59 Å². The van der Waals surface area contributed by atoms with Gasteiger partial charge in [0.1, 0.15) is 0 Å². The Kier molecular flexibility index (Phi) is 5.37. The first-order valence-electron chi connectivity index (χ1n) is 5.98. The Balaban J connectivity index is 2.00. The minimum atomic E-state index is -0.351. The van der Waals surface area contributed by atoms with Crippen LogP contribution in [0.25, 0.3) is 0 Å². The zero-order valence-electron chi connectivity index (χ0n) is 9.46. The molecule has 1 saturated heterocycles. The first-order valence-corrected chi connectivity index (χ1v) is 5.98. The highest BCUT2D eigenvalue weighted by molar-refractivity contribution is 5.94. The number of carbonyl (C=O) groups excluding carboxylic acids is 2. The molecule has 0 amide bonds. The van der Waals surface area contributed by atoms with Gasteiger partial charge in [-0.25, -0.2) is 0 Å². The average molecular weight is 212 g/mol. The number of esters is 2. The van der Waals surface area contributed by atoms with Gasteiger partial charge in [-0.05, 0) is 6.42 Å². The Hall–Kier alpha value is -0.860. The maximum atomic E-state index is 11.1. The molecule has 1 atom stereocenters. The number of cyclic esters (lactones) is 2. The first-order chi connectivity index (χ1) is 7.24. The molecule has 0 N–H and O–H groups in total. The molecule has 0 saturated carbocycles. The Morgan fingerprint density at radius 3 is 2.40 bits per heavy atom. The smallest absolute Gasteiger partial charge is 0.317 e. The second-order valence-electron chi connectivity index (χ2n) is 4.25. The summed E-state index contributed by atoms with van der Waals surface area (Å²) in [6.45, 7) is 2.19. The minimum Gasteiger partial charge on any atom is -0.393 e. The Bertz CT molecular complexity index is 223. The predicted octanol–water partition coefficient (Wildman–Crippen LogP) is 2.83. The third-order valence-electron chi connectivity index (χ3n) is 2.87. The van der Waals surface area contributed by atoms with Gasteiger partial charge < -0.3 is 4.74 Å². The van der Waals surface area contributed by atoms with Crippen molar-refractivity contribution in [2.75, 3.05) is 0 Å². The van der Waals surface area contributed by atoms with Crippen molar-refractivity contribution in [3.05, 3.63) is 0 Å². The van der Waals surface area contributed by atoms with Crippen LogP contribution in [0.4, 0.5) is 0 Å². The number of carbonyl (C=O) groups is 2. The maximum Gasteiger partial charge on any atom is 0.317 e. The Morgan fingerprint density at radius 1 is 1.13 bits per heavy atom. The van der Waals surface area contributed by atoms with Crippen LogP contribution in [0.3, 0.4) is 0 Å². The van der Waals surface area contributed by atoms with Crippen LogP contribution in [0.15, 0.2) is 0 Å². The van der Waals surface area contributed by atoms with Crippen LogP contribution in [0.1, 0.15) is 58.3 Å². The van der Waals surface area contributed by atoms with Gasteiger partial charge in [-0.2, -0.15) is 0 Å². The van der Waals surface area contributed by atoms with Crippen LogP contribution >= 0.6 is 0 Å². The molecule has 1 aliphatic rings. The lowest BCUT2D eigenvalue weighted by Crippen LogP contribution is -2.06. The van der Waals surface area contributed by atoms with E-state index < -0.39 is 0 Å². The monoisotopic (exact) mass is 212 g/mol. The molecule has 15 heavy (non-hydrogen) atoms. The minimum absolute atomic E-state index is 0.149. The summed E-state index contributed by atoms with van der Waals surface area (Å²) in [5.74, 6) is -0.812. The highest BCUT2D eigenvalue weighted by Crippen LogP contribution is 2.22. The lowest BCUT2D eigenvalue weighted by atomic mass is 9.99. The van der Waals surface area contributed by atoms with Crippen molar-refractivity contribution >= 4 is 11.9 Å². The second-order valence-corrected chi connectivity index (χ2v) is 4.25. The molecular formula is C12H20O3. The van der Waals surface area contributed by atoms with Crippen LogP contribution in [0, 0.1) is 5.92 Å². The van der Waals surface area contributed by atoms with E-state index in [2.05, 4.69) is 11.7 Å². The molecule has 0 aromatic carbocycles. The van der Waals surface area contributed by atoms with E-state index in [-0.39, 0.29) is 17.9 Å². The lowest BCUT2D eigenvalue weighted by Gasteiger charge is -2.03. The van der Waals surface area contributed by atoms with Crippen molar-refractivity contribution in [2.45, 2.75) is 58.3 Å².